The van der Waals surface area contributed by atoms with E-state index in [-0.39, 0.29) is 5.41 Å². The Kier molecular flexibility index (Phi) is 3.77. The second kappa shape index (κ2) is 5.04. The molecule has 1 aliphatic carbocycles. The fraction of sp³-hybridized carbons (Fsp3) is 0.625. The third-order valence-electron chi connectivity index (χ3n) is 4.09. The Bertz CT molecular complexity index is 480. The average Bonchev–Trinajstić information content (AvgIpc) is 2.62. The van der Waals surface area contributed by atoms with E-state index < -0.39 is 0 Å². The van der Waals surface area contributed by atoms with Crippen molar-refractivity contribution >= 4 is 0 Å². The van der Waals surface area contributed by atoms with Crippen molar-refractivity contribution in [3.63, 3.8) is 0 Å². The minimum atomic E-state index is 0.172. The molecule has 2 rings (SSSR count). The molecule has 0 aromatic heterocycles. The van der Waals surface area contributed by atoms with Crippen LogP contribution in [0.5, 0.6) is 11.5 Å². The Hall–Kier alpha value is -1.22. The fourth-order valence-corrected chi connectivity index (χ4v) is 3.52. The van der Waals surface area contributed by atoms with E-state index >= 15 is 0 Å². The lowest BCUT2D eigenvalue weighted by Gasteiger charge is -2.22. The van der Waals surface area contributed by atoms with Crippen LogP contribution in [0.25, 0.3) is 0 Å². The van der Waals surface area contributed by atoms with Crippen molar-refractivity contribution in [2.75, 3.05) is 20.8 Å². The van der Waals surface area contributed by atoms with Crippen LogP contribution in [0.1, 0.15) is 49.9 Å². The molecule has 0 radical (unpaired) electrons. The lowest BCUT2D eigenvalue weighted by atomic mass is 9.83. The molecule has 0 fully saturated rings. The van der Waals surface area contributed by atoms with Gasteiger partial charge in [0.15, 0.2) is 11.5 Å². The normalized spacial score (nSPS) is 20.2. The third kappa shape index (κ3) is 2.20. The quantitative estimate of drug-likeness (QED) is 0.903. The van der Waals surface area contributed by atoms with Crippen molar-refractivity contribution in [1.29, 1.82) is 0 Å². The second-order valence-electron chi connectivity index (χ2n) is 5.92. The highest BCUT2D eigenvalue weighted by atomic mass is 16.5. The van der Waals surface area contributed by atoms with E-state index in [1.165, 1.54) is 16.7 Å². The fourth-order valence-electron chi connectivity index (χ4n) is 3.52. The van der Waals surface area contributed by atoms with Crippen LogP contribution in [-0.2, 0) is 5.41 Å². The summed E-state index contributed by atoms with van der Waals surface area (Å²) in [6.45, 7) is 9.88. The number of fused-ring (bicyclic) bond motifs is 1. The summed E-state index contributed by atoms with van der Waals surface area (Å²) in [5.41, 5.74) is 4.16. The Morgan fingerprint density at radius 2 is 2.00 bits per heavy atom. The maximum absolute atomic E-state index is 5.64. The predicted molar refractivity (Wildman–Crippen MR) is 78.3 cm³/mol. The average molecular weight is 263 g/mol. The van der Waals surface area contributed by atoms with Gasteiger partial charge in [-0.05, 0) is 42.5 Å². The molecule has 0 aliphatic heterocycles. The zero-order chi connectivity index (χ0) is 14.2. The van der Waals surface area contributed by atoms with Crippen molar-refractivity contribution < 1.29 is 9.47 Å². The molecule has 0 saturated heterocycles. The van der Waals surface area contributed by atoms with Crippen molar-refractivity contribution in [1.82, 2.24) is 5.32 Å². The lowest BCUT2D eigenvalue weighted by Crippen LogP contribution is -2.21. The summed E-state index contributed by atoms with van der Waals surface area (Å²) in [4.78, 5) is 0. The van der Waals surface area contributed by atoms with Gasteiger partial charge in [0, 0.05) is 11.6 Å². The van der Waals surface area contributed by atoms with Gasteiger partial charge in [-0.25, -0.2) is 0 Å². The predicted octanol–water partition coefficient (Wildman–Crippen LogP) is 3.34. The number of rotatable bonds is 4. The van der Waals surface area contributed by atoms with Crippen LogP contribution in [-0.4, -0.2) is 20.8 Å². The smallest absolute Gasteiger partial charge is 0.165 e. The summed E-state index contributed by atoms with van der Waals surface area (Å²) in [6.07, 6.45) is 1.10. The molecule has 1 atom stereocenters. The zero-order valence-electron chi connectivity index (χ0n) is 12.9. The molecule has 0 saturated carbocycles. The Balaban J connectivity index is 2.68. The van der Waals surface area contributed by atoms with Gasteiger partial charge in [-0.2, -0.15) is 0 Å². The van der Waals surface area contributed by atoms with Gasteiger partial charge in [0.2, 0.25) is 0 Å². The summed E-state index contributed by atoms with van der Waals surface area (Å²) in [5, 5.41) is 3.57. The van der Waals surface area contributed by atoms with Crippen molar-refractivity contribution in [3.05, 3.63) is 22.8 Å². The lowest BCUT2D eigenvalue weighted by molar-refractivity contribution is 0.347. The molecule has 0 spiro atoms. The summed E-state index contributed by atoms with van der Waals surface area (Å²) >= 11 is 0. The highest BCUT2D eigenvalue weighted by molar-refractivity contribution is 5.60. The van der Waals surface area contributed by atoms with E-state index in [0.29, 0.717) is 6.04 Å². The Morgan fingerprint density at radius 1 is 1.32 bits per heavy atom. The van der Waals surface area contributed by atoms with Crippen LogP contribution in [0, 0.1) is 6.92 Å². The standard InChI is InChI=1S/C16H25NO2/c1-7-17-11-9-16(3,4)14-10(2)8-12(18-5)15(19-6)13(11)14/h8,11,17H,7,9H2,1-6H3. The molecule has 0 heterocycles. The SMILES string of the molecule is CCNC1CC(C)(C)c2c(C)cc(OC)c(OC)c21. The molecule has 19 heavy (non-hydrogen) atoms. The number of hydrogen-bond acceptors (Lipinski definition) is 3. The largest absolute Gasteiger partial charge is 0.493 e. The number of aryl methyl sites for hydroxylation is 1. The summed E-state index contributed by atoms with van der Waals surface area (Å²) in [6, 6.07) is 2.44. The molecule has 1 aromatic carbocycles. The van der Waals surface area contributed by atoms with Gasteiger partial charge in [-0.3, -0.25) is 0 Å². The molecule has 3 nitrogen and oxygen atoms in total. The number of nitrogens with one attached hydrogen (secondary N) is 1. The van der Waals surface area contributed by atoms with Crippen molar-refractivity contribution in [2.45, 2.75) is 45.6 Å². The summed E-state index contributed by atoms with van der Waals surface area (Å²) < 4.78 is 11.1. The van der Waals surface area contributed by atoms with E-state index in [4.69, 9.17) is 9.47 Å². The monoisotopic (exact) mass is 263 g/mol. The number of hydrogen-bond donors (Lipinski definition) is 1. The van der Waals surface area contributed by atoms with Crippen LogP contribution in [0.4, 0.5) is 0 Å². The van der Waals surface area contributed by atoms with Crippen LogP contribution in [0.3, 0.4) is 0 Å². The van der Waals surface area contributed by atoms with Crippen LogP contribution >= 0.6 is 0 Å². The highest BCUT2D eigenvalue weighted by Gasteiger charge is 2.41. The first-order valence-electron chi connectivity index (χ1n) is 6.95. The van der Waals surface area contributed by atoms with Gasteiger partial charge in [0.1, 0.15) is 0 Å². The van der Waals surface area contributed by atoms with Gasteiger partial charge in [-0.15, -0.1) is 0 Å². The molecular weight excluding hydrogens is 238 g/mol. The van der Waals surface area contributed by atoms with Gasteiger partial charge in [0.25, 0.3) is 0 Å². The molecule has 3 heteroatoms. The maximum Gasteiger partial charge on any atom is 0.165 e. The number of methoxy groups -OCH3 is 2. The van der Waals surface area contributed by atoms with E-state index in [0.717, 1.165) is 24.5 Å². The molecular formula is C16H25NO2. The Labute approximate surface area is 116 Å². The molecule has 1 aliphatic rings. The van der Waals surface area contributed by atoms with E-state index in [2.05, 4.69) is 39.1 Å². The van der Waals surface area contributed by atoms with Gasteiger partial charge >= 0.3 is 0 Å². The minimum absolute atomic E-state index is 0.172. The van der Waals surface area contributed by atoms with Crippen LogP contribution in [0.2, 0.25) is 0 Å². The first kappa shape index (κ1) is 14.2. The molecule has 0 amide bonds. The topological polar surface area (TPSA) is 30.5 Å². The summed E-state index contributed by atoms with van der Waals surface area (Å²) in [5.74, 6) is 1.72. The van der Waals surface area contributed by atoms with Crippen LogP contribution < -0.4 is 14.8 Å². The zero-order valence-corrected chi connectivity index (χ0v) is 12.9. The molecule has 1 N–H and O–H groups in total. The first-order chi connectivity index (χ1) is 8.96. The van der Waals surface area contributed by atoms with Gasteiger partial charge in [-0.1, -0.05) is 20.8 Å². The number of ether oxygens (including phenoxy) is 2. The maximum atomic E-state index is 5.64. The highest BCUT2D eigenvalue weighted by Crippen LogP contribution is 2.52. The Morgan fingerprint density at radius 3 is 2.53 bits per heavy atom. The van der Waals surface area contributed by atoms with Crippen LogP contribution in [0.15, 0.2) is 6.07 Å². The third-order valence-corrected chi connectivity index (χ3v) is 4.09. The molecule has 1 unspecified atom stereocenters. The summed E-state index contributed by atoms with van der Waals surface area (Å²) in [7, 11) is 3.42. The molecule has 0 bridgehead atoms. The number of benzene rings is 1. The van der Waals surface area contributed by atoms with E-state index in [1.807, 2.05) is 0 Å². The van der Waals surface area contributed by atoms with Crippen molar-refractivity contribution in [3.8, 4) is 11.5 Å². The molecule has 106 valence electrons. The van der Waals surface area contributed by atoms with Gasteiger partial charge in [0.05, 0.1) is 14.2 Å². The first-order valence-corrected chi connectivity index (χ1v) is 6.95. The minimum Gasteiger partial charge on any atom is -0.493 e. The van der Waals surface area contributed by atoms with E-state index in [1.54, 1.807) is 14.2 Å². The van der Waals surface area contributed by atoms with Gasteiger partial charge < -0.3 is 14.8 Å². The second-order valence-corrected chi connectivity index (χ2v) is 5.92. The van der Waals surface area contributed by atoms with Crippen molar-refractivity contribution in [2.24, 2.45) is 0 Å². The van der Waals surface area contributed by atoms with E-state index in [9.17, 15) is 0 Å². The molecule has 1 aromatic rings.